The van der Waals surface area contributed by atoms with Crippen molar-refractivity contribution in [2.24, 2.45) is 23.2 Å². The predicted molar refractivity (Wildman–Crippen MR) is 156 cm³/mol. The molecule has 10 heteroatoms. The monoisotopic (exact) mass is 567 g/mol. The number of hydrogen-bond acceptors (Lipinski definition) is 6. The normalized spacial score (nSPS) is 31.0. The molecule has 0 radical (unpaired) electrons. The molecule has 2 N–H and O–H groups in total. The molecule has 0 aromatic heterocycles. The van der Waals surface area contributed by atoms with Crippen molar-refractivity contribution in [3.63, 3.8) is 0 Å². The minimum Gasteiger partial charge on any atom is -0.444 e. The molecule has 2 aliphatic heterocycles. The van der Waals surface area contributed by atoms with E-state index in [0.717, 1.165) is 30.7 Å². The SMILES string of the molecule is C[C@@H](NC(=O)c1ccc(CNC(=O)OC(C)(C)C)cc1)C(=O)N1CCC[C@H]1B1OC[C@@H]2CC3C[C@@H](C3(C)C)[C@]2(C)O1. The van der Waals surface area contributed by atoms with Gasteiger partial charge >= 0.3 is 13.2 Å². The van der Waals surface area contributed by atoms with E-state index in [9.17, 15) is 14.4 Å². The Kier molecular flexibility index (Phi) is 7.96. The summed E-state index contributed by atoms with van der Waals surface area (Å²) in [6, 6.07) is 6.24. The zero-order chi connectivity index (χ0) is 29.7. The van der Waals surface area contributed by atoms with Crippen LogP contribution in [0.5, 0.6) is 0 Å². The number of ether oxygens (including phenoxy) is 1. The van der Waals surface area contributed by atoms with Crippen molar-refractivity contribution >= 4 is 25.0 Å². The molecule has 3 aliphatic carbocycles. The molecule has 2 heterocycles. The lowest BCUT2D eigenvalue weighted by atomic mass is 9.41. The highest BCUT2D eigenvalue weighted by Crippen LogP contribution is 2.66. The summed E-state index contributed by atoms with van der Waals surface area (Å²) in [6.45, 7) is 15.7. The first-order valence-corrected chi connectivity index (χ1v) is 15.2. The van der Waals surface area contributed by atoms with Crippen LogP contribution in [0.2, 0.25) is 0 Å². The Balaban J connectivity index is 1.15. The average Bonchev–Trinajstić information content (AvgIpc) is 3.39. The second-order valence-electron chi connectivity index (χ2n) is 14.2. The summed E-state index contributed by atoms with van der Waals surface area (Å²) < 4.78 is 18.3. The zero-order valence-corrected chi connectivity index (χ0v) is 25.6. The molecule has 5 fully saturated rings. The topological polar surface area (TPSA) is 106 Å². The van der Waals surface area contributed by atoms with Crippen LogP contribution in [0, 0.1) is 23.2 Å². The number of benzene rings is 1. The van der Waals surface area contributed by atoms with Gasteiger partial charge in [0.1, 0.15) is 11.6 Å². The van der Waals surface area contributed by atoms with Crippen LogP contribution in [-0.4, -0.2) is 66.3 Å². The largest absolute Gasteiger partial charge is 0.481 e. The van der Waals surface area contributed by atoms with Crippen LogP contribution >= 0.6 is 0 Å². The molecular formula is C31H46BN3O6. The van der Waals surface area contributed by atoms with E-state index >= 15 is 0 Å². The quantitative estimate of drug-likeness (QED) is 0.496. The van der Waals surface area contributed by atoms with E-state index in [4.69, 9.17) is 14.0 Å². The highest BCUT2D eigenvalue weighted by Gasteiger charge is 2.66. The van der Waals surface area contributed by atoms with E-state index in [-0.39, 0.29) is 35.3 Å². The van der Waals surface area contributed by atoms with Gasteiger partial charge in [0.25, 0.3) is 5.91 Å². The van der Waals surface area contributed by atoms with Crippen molar-refractivity contribution in [1.82, 2.24) is 15.5 Å². The molecule has 1 unspecified atom stereocenters. The molecule has 41 heavy (non-hydrogen) atoms. The molecule has 224 valence electrons. The Labute approximate surface area is 244 Å². The number of alkyl carbamates (subject to hydrolysis) is 1. The van der Waals surface area contributed by atoms with E-state index in [1.807, 2.05) is 4.90 Å². The smallest absolute Gasteiger partial charge is 0.444 e. The van der Waals surface area contributed by atoms with Crippen molar-refractivity contribution in [1.29, 1.82) is 0 Å². The third kappa shape index (κ3) is 5.87. The number of nitrogens with zero attached hydrogens (tertiary/aromatic N) is 1. The average molecular weight is 568 g/mol. The lowest BCUT2D eigenvalue weighted by Gasteiger charge is -2.68. The number of carbonyl (C=O) groups excluding carboxylic acids is 3. The lowest BCUT2D eigenvalue weighted by Crippen LogP contribution is -2.71. The van der Waals surface area contributed by atoms with Crippen LogP contribution in [0.3, 0.4) is 0 Å². The number of likely N-dealkylation sites (tertiary alicyclic amines) is 1. The second kappa shape index (κ2) is 10.9. The molecule has 6 rings (SSSR count). The summed E-state index contributed by atoms with van der Waals surface area (Å²) in [6.07, 6.45) is 3.57. The van der Waals surface area contributed by atoms with Crippen molar-refractivity contribution in [2.75, 3.05) is 13.2 Å². The van der Waals surface area contributed by atoms with Crippen LogP contribution in [-0.2, 0) is 25.4 Å². The summed E-state index contributed by atoms with van der Waals surface area (Å²) in [5.41, 5.74) is 0.759. The molecule has 5 aliphatic rings. The Bertz CT molecular complexity index is 1170. The molecule has 2 saturated heterocycles. The van der Waals surface area contributed by atoms with E-state index in [2.05, 4.69) is 31.4 Å². The van der Waals surface area contributed by atoms with Gasteiger partial charge in [0, 0.05) is 31.2 Å². The van der Waals surface area contributed by atoms with Gasteiger partial charge < -0.3 is 29.6 Å². The summed E-state index contributed by atoms with van der Waals surface area (Å²) in [5.74, 6) is 1.06. The third-order valence-electron chi connectivity index (χ3n) is 10.0. The van der Waals surface area contributed by atoms with Gasteiger partial charge in [-0.3, -0.25) is 9.59 Å². The van der Waals surface area contributed by atoms with E-state index < -0.39 is 24.9 Å². The maximum absolute atomic E-state index is 13.6. The Morgan fingerprint density at radius 1 is 1.12 bits per heavy atom. The molecule has 3 saturated carbocycles. The molecule has 9 nitrogen and oxygen atoms in total. The lowest BCUT2D eigenvalue weighted by molar-refractivity contribution is -0.241. The van der Waals surface area contributed by atoms with Crippen LogP contribution < -0.4 is 10.6 Å². The van der Waals surface area contributed by atoms with Crippen molar-refractivity contribution in [2.45, 2.75) is 104 Å². The number of nitrogens with one attached hydrogen (secondary N) is 2. The minimum absolute atomic E-state index is 0.119. The maximum Gasteiger partial charge on any atom is 0.481 e. The predicted octanol–water partition coefficient (Wildman–Crippen LogP) is 4.34. The Morgan fingerprint density at radius 2 is 1.83 bits per heavy atom. The molecule has 6 atom stereocenters. The van der Waals surface area contributed by atoms with Crippen LogP contribution in [0.1, 0.15) is 90.1 Å². The van der Waals surface area contributed by atoms with Gasteiger partial charge in [-0.25, -0.2) is 4.79 Å². The number of rotatable bonds is 6. The number of carbonyl (C=O) groups is 3. The number of hydrogen-bond donors (Lipinski definition) is 2. The minimum atomic E-state index is -0.690. The van der Waals surface area contributed by atoms with Crippen molar-refractivity contribution in [3.8, 4) is 0 Å². The van der Waals surface area contributed by atoms with Crippen LogP contribution in [0.15, 0.2) is 24.3 Å². The van der Waals surface area contributed by atoms with Gasteiger partial charge in [0.05, 0.1) is 11.5 Å². The Morgan fingerprint density at radius 3 is 2.49 bits per heavy atom. The first kappa shape index (κ1) is 29.9. The summed E-state index contributed by atoms with van der Waals surface area (Å²) in [4.78, 5) is 40.3. The van der Waals surface area contributed by atoms with E-state index in [1.165, 1.54) is 6.42 Å². The first-order chi connectivity index (χ1) is 19.2. The molecule has 0 spiro atoms. The first-order valence-electron chi connectivity index (χ1n) is 15.2. The van der Waals surface area contributed by atoms with Gasteiger partial charge in [-0.1, -0.05) is 26.0 Å². The number of amides is 3. The molecule has 1 aromatic carbocycles. The molecule has 3 amide bonds. The third-order valence-corrected chi connectivity index (χ3v) is 10.0. The van der Waals surface area contributed by atoms with Gasteiger partial charge in [-0.15, -0.1) is 0 Å². The fraction of sp³-hybridized carbons (Fsp3) is 0.710. The highest BCUT2D eigenvalue weighted by molar-refractivity contribution is 6.47. The van der Waals surface area contributed by atoms with Gasteiger partial charge in [0.15, 0.2) is 0 Å². The second-order valence-corrected chi connectivity index (χ2v) is 14.2. The van der Waals surface area contributed by atoms with E-state index in [0.29, 0.717) is 30.6 Å². The summed E-state index contributed by atoms with van der Waals surface area (Å²) >= 11 is 0. The van der Waals surface area contributed by atoms with Gasteiger partial charge in [-0.05, 0) is 95.2 Å². The van der Waals surface area contributed by atoms with E-state index in [1.54, 1.807) is 52.0 Å². The zero-order valence-electron chi connectivity index (χ0n) is 25.6. The molecular weight excluding hydrogens is 521 g/mol. The van der Waals surface area contributed by atoms with Crippen LogP contribution in [0.4, 0.5) is 4.79 Å². The highest BCUT2D eigenvalue weighted by atomic mass is 16.6. The summed E-state index contributed by atoms with van der Waals surface area (Å²) in [5, 5.41) is 5.57. The van der Waals surface area contributed by atoms with Crippen molar-refractivity contribution < 1.29 is 28.4 Å². The molecule has 2 bridgehead atoms. The van der Waals surface area contributed by atoms with Gasteiger partial charge in [-0.2, -0.15) is 0 Å². The van der Waals surface area contributed by atoms with Crippen LogP contribution in [0.25, 0.3) is 0 Å². The molecule has 1 aromatic rings. The fourth-order valence-electron chi connectivity index (χ4n) is 7.55. The fourth-order valence-corrected chi connectivity index (χ4v) is 7.55. The summed E-state index contributed by atoms with van der Waals surface area (Å²) in [7, 11) is -0.444. The van der Waals surface area contributed by atoms with Gasteiger partial charge in [0.2, 0.25) is 5.91 Å². The Hall–Kier alpha value is -2.59. The van der Waals surface area contributed by atoms with Crippen molar-refractivity contribution in [3.05, 3.63) is 35.4 Å². The maximum atomic E-state index is 13.6. The standard InChI is InChI=1S/C31H46BN3O6/c1-19(34-26(36)21-12-10-20(11-13-21)17-33-28(38)40-29(2,3)4)27(37)35-14-8-9-25(35)32-39-18-23-15-22-16-24(30(22,5)6)31(23,7)41-32/h10-13,19,22-25H,8-9,14-18H2,1-7H3,(H,33,38)(H,34,36)/t19-,22?,23+,24+,25+,31-/m1/s1.